The van der Waals surface area contributed by atoms with Crippen LogP contribution in [0.15, 0.2) is 47.1 Å². The third-order valence-electron chi connectivity index (χ3n) is 5.11. The Balaban J connectivity index is 1.49. The summed E-state index contributed by atoms with van der Waals surface area (Å²) in [6.45, 7) is 1.28. The van der Waals surface area contributed by atoms with Gasteiger partial charge in [0.15, 0.2) is 0 Å². The molecule has 146 valence electrons. The van der Waals surface area contributed by atoms with E-state index in [1.807, 2.05) is 48.1 Å². The lowest BCUT2D eigenvalue weighted by atomic mass is 10.2. The topological polar surface area (TPSA) is 63.3 Å². The van der Waals surface area contributed by atoms with Crippen LogP contribution >= 0.6 is 11.6 Å². The summed E-state index contributed by atoms with van der Waals surface area (Å²) >= 11 is 5.93. The summed E-state index contributed by atoms with van der Waals surface area (Å²) in [6, 6.07) is 11.0. The second-order valence-corrected chi connectivity index (χ2v) is 7.51. The van der Waals surface area contributed by atoms with E-state index in [2.05, 4.69) is 10.4 Å². The largest absolute Gasteiger partial charge is 0.467 e. The first kappa shape index (κ1) is 18.6. The fraction of sp³-hybridized carbons (Fsp3) is 0.333. The van der Waals surface area contributed by atoms with E-state index in [4.69, 9.17) is 16.0 Å². The zero-order valence-corrected chi connectivity index (χ0v) is 16.6. The molecule has 0 saturated heterocycles. The Hall–Kier alpha value is -2.73. The molecule has 0 fully saturated rings. The van der Waals surface area contributed by atoms with Crippen molar-refractivity contribution in [2.24, 2.45) is 7.05 Å². The number of aromatic nitrogens is 2. The number of rotatable bonds is 6. The molecule has 2 heterocycles. The van der Waals surface area contributed by atoms with E-state index < -0.39 is 0 Å². The molecule has 1 N–H and O–H groups in total. The van der Waals surface area contributed by atoms with Gasteiger partial charge < -0.3 is 14.6 Å². The Morgan fingerprint density at radius 1 is 1.25 bits per heavy atom. The van der Waals surface area contributed by atoms with E-state index in [0.717, 1.165) is 36.3 Å². The van der Waals surface area contributed by atoms with Gasteiger partial charge in [0.25, 0.3) is 0 Å². The molecule has 6 nitrogen and oxygen atoms in total. The van der Waals surface area contributed by atoms with E-state index in [9.17, 15) is 4.79 Å². The Kier molecular flexibility index (Phi) is 5.39. The Bertz CT molecular complexity index is 948. The number of benzene rings is 1. The molecule has 0 saturated carbocycles. The molecule has 2 amide bonds. The molecule has 2 aromatic heterocycles. The predicted molar refractivity (Wildman–Crippen MR) is 107 cm³/mol. The van der Waals surface area contributed by atoms with Crippen LogP contribution in [0.4, 0.5) is 4.79 Å². The average molecular weight is 399 g/mol. The minimum Gasteiger partial charge on any atom is -0.467 e. The molecular weight excluding hydrogens is 376 g/mol. The summed E-state index contributed by atoms with van der Waals surface area (Å²) in [5.41, 5.74) is 4.55. The predicted octanol–water partition coefficient (Wildman–Crippen LogP) is 4.07. The van der Waals surface area contributed by atoms with Crippen molar-refractivity contribution < 1.29 is 9.21 Å². The van der Waals surface area contributed by atoms with Crippen LogP contribution in [0, 0.1) is 0 Å². The summed E-state index contributed by atoms with van der Waals surface area (Å²) in [5.74, 6) is 0.745. The molecule has 4 rings (SSSR count). The first-order chi connectivity index (χ1) is 13.6. The molecule has 0 unspecified atom stereocenters. The molecule has 7 heteroatoms. The van der Waals surface area contributed by atoms with Gasteiger partial charge in [0, 0.05) is 24.3 Å². The van der Waals surface area contributed by atoms with Gasteiger partial charge in [0.05, 0.1) is 25.0 Å². The van der Waals surface area contributed by atoms with Gasteiger partial charge in [0.1, 0.15) is 5.76 Å². The van der Waals surface area contributed by atoms with Crippen molar-refractivity contribution >= 4 is 17.6 Å². The number of halogens is 1. The summed E-state index contributed by atoms with van der Waals surface area (Å²) in [4.78, 5) is 14.7. The lowest BCUT2D eigenvalue weighted by molar-refractivity contribution is 0.186. The van der Waals surface area contributed by atoms with Gasteiger partial charge in [-0.2, -0.15) is 5.10 Å². The summed E-state index contributed by atoms with van der Waals surface area (Å²) < 4.78 is 7.42. The highest BCUT2D eigenvalue weighted by Gasteiger charge is 2.24. The number of hydrogen-bond acceptors (Lipinski definition) is 3. The molecule has 1 aromatic carbocycles. The van der Waals surface area contributed by atoms with Gasteiger partial charge in [0.2, 0.25) is 0 Å². The van der Waals surface area contributed by atoms with Gasteiger partial charge in [-0.15, -0.1) is 0 Å². The number of fused-ring (bicyclic) bond motifs is 1. The molecular formula is C21H23ClN4O2. The first-order valence-corrected chi connectivity index (χ1v) is 9.81. The standard InChI is InChI=1S/C21H23ClN4O2/c1-25-20-6-2-5-18(20)19(24-25)14-26(13-17-4-3-11-28-17)21(27)23-12-15-7-9-16(22)10-8-15/h3-4,7-11H,2,5-6,12-14H2,1H3,(H,23,27). The van der Waals surface area contributed by atoms with Crippen LogP contribution in [0.2, 0.25) is 5.02 Å². The number of nitrogens with one attached hydrogen (secondary N) is 1. The number of hydrogen-bond donors (Lipinski definition) is 1. The summed E-state index contributed by atoms with van der Waals surface area (Å²) in [6.07, 6.45) is 4.85. The van der Waals surface area contributed by atoms with Crippen LogP contribution in [0.5, 0.6) is 0 Å². The van der Waals surface area contributed by atoms with Crippen molar-refractivity contribution in [3.05, 3.63) is 76.0 Å². The smallest absolute Gasteiger partial charge is 0.318 e. The monoisotopic (exact) mass is 398 g/mol. The van der Waals surface area contributed by atoms with Crippen LogP contribution in [-0.4, -0.2) is 20.7 Å². The minimum absolute atomic E-state index is 0.149. The second-order valence-electron chi connectivity index (χ2n) is 7.07. The zero-order valence-electron chi connectivity index (χ0n) is 15.8. The Morgan fingerprint density at radius 3 is 2.82 bits per heavy atom. The van der Waals surface area contributed by atoms with Crippen molar-refractivity contribution in [2.45, 2.75) is 38.9 Å². The number of urea groups is 1. The van der Waals surface area contributed by atoms with Gasteiger partial charge in [-0.3, -0.25) is 4.68 Å². The molecule has 0 aliphatic heterocycles. The zero-order chi connectivity index (χ0) is 19.5. The second kappa shape index (κ2) is 8.10. The van der Waals surface area contributed by atoms with Gasteiger partial charge in [-0.1, -0.05) is 23.7 Å². The van der Waals surface area contributed by atoms with Crippen molar-refractivity contribution in [1.82, 2.24) is 20.0 Å². The van der Waals surface area contributed by atoms with Crippen molar-refractivity contribution in [3.8, 4) is 0 Å². The molecule has 3 aromatic rings. The molecule has 0 atom stereocenters. The molecule has 1 aliphatic carbocycles. The summed E-state index contributed by atoms with van der Waals surface area (Å²) in [7, 11) is 1.98. The Morgan fingerprint density at radius 2 is 2.07 bits per heavy atom. The molecule has 28 heavy (non-hydrogen) atoms. The lowest BCUT2D eigenvalue weighted by Crippen LogP contribution is -2.39. The van der Waals surface area contributed by atoms with E-state index in [-0.39, 0.29) is 6.03 Å². The summed E-state index contributed by atoms with van der Waals surface area (Å²) in [5, 5.41) is 8.33. The Labute approximate surface area is 169 Å². The van der Waals surface area contributed by atoms with Crippen LogP contribution in [0.1, 0.15) is 34.7 Å². The van der Waals surface area contributed by atoms with Crippen molar-refractivity contribution in [2.75, 3.05) is 0 Å². The highest BCUT2D eigenvalue weighted by atomic mass is 35.5. The highest BCUT2D eigenvalue weighted by molar-refractivity contribution is 6.30. The van der Waals surface area contributed by atoms with E-state index in [1.165, 1.54) is 11.3 Å². The van der Waals surface area contributed by atoms with Crippen LogP contribution in [0.3, 0.4) is 0 Å². The third-order valence-corrected chi connectivity index (χ3v) is 5.36. The fourth-order valence-electron chi connectivity index (χ4n) is 3.69. The molecule has 0 spiro atoms. The number of amides is 2. The van der Waals surface area contributed by atoms with Gasteiger partial charge in [-0.05, 0) is 54.7 Å². The van der Waals surface area contributed by atoms with Crippen LogP contribution < -0.4 is 5.32 Å². The van der Waals surface area contributed by atoms with Crippen molar-refractivity contribution in [1.29, 1.82) is 0 Å². The normalized spacial score (nSPS) is 12.8. The van der Waals surface area contributed by atoms with Gasteiger partial charge in [-0.25, -0.2) is 4.79 Å². The SMILES string of the molecule is Cn1nc(CN(Cc2ccco2)C(=O)NCc2ccc(Cl)cc2)c2c1CCC2. The van der Waals surface area contributed by atoms with E-state index in [0.29, 0.717) is 24.7 Å². The highest BCUT2D eigenvalue weighted by Crippen LogP contribution is 2.26. The number of aryl methyl sites for hydroxylation is 1. The number of furan rings is 1. The maximum atomic E-state index is 12.9. The number of nitrogens with zero attached hydrogens (tertiary/aromatic N) is 3. The molecule has 0 bridgehead atoms. The molecule has 0 radical (unpaired) electrons. The quantitative estimate of drug-likeness (QED) is 0.680. The van der Waals surface area contributed by atoms with E-state index in [1.54, 1.807) is 11.2 Å². The maximum absolute atomic E-state index is 12.9. The van der Waals surface area contributed by atoms with Crippen LogP contribution in [0.25, 0.3) is 0 Å². The molecule has 1 aliphatic rings. The lowest BCUT2D eigenvalue weighted by Gasteiger charge is -2.22. The van der Waals surface area contributed by atoms with E-state index >= 15 is 0 Å². The van der Waals surface area contributed by atoms with Crippen molar-refractivity contribution in [3.63, 3.8) is 0 Å². The average Bonchev–Trinajstić information content (AvgIpc) is 3.42. The van der Waals surface area contributed by atoms with Crippen LogP contribution in [-0.2, 0) is 39.5 Å². The maximum Gasteiger partial charge on any atom is 0.318 e. The minimum atomic E-state index is -0.149. The third kappa shape index (κ3) is 4.07. The number of carbonyl (C=O) groups excluding carboxylic acids is 1. The number of carbonyl (C=O) groups is 1. The van der Waals surface area contributed by atoms with Gasteiger partial charge >= 0.3 is 6.03 Å². The fourth-order valence-corrected chi connectivity index (χ4v) is 3.81. The first-order valence-electron chi connectivity index (χ1n) is 9.43.